The first kappa shape index (κ1) is 23.4. The molecular weight excluding hydrogens is 440 g/mol. The molecule has 0 aromatic heterocycles. The molecule has 1 fully saturated rings. The summed E-state index contributed by atoms with van der Waals surface area (Å²) < 4.78 is 21.9. The fraction of sp³-hybridized carbons (Fsp3) is 0.455. The maximum atomic E-state index is 10.6. The molecule has 0 unspecified atom stereocenters. The molecule has 0 aliphatic carbocycles. The first-order chi connectivity index (χ1) is 15.7. The van der Waals surface area contributed by atoms with Crippen molar-refractivity contribution in [3.8, 4) is 28.7 Å². The maximum Gasteiger partial charge on any atom is 0.229 e. The van der Waals surface area contributed by atoms with Gasteiger partial charge in [-0.15, -0.1) is 0 Å². The number of phenols is 2. The second-order valence-electron chi connectivity index (χ2n) is 7.98. The van der Waals surface area contributed by atoms with Crippen LogP contribution in [0.25, 0.3) is 0 Å². The van der Waals surface area contributed by atoms with Gasteiger partial charge in [-0.2, -0.15) is 0 Å². The number of ether oxygens (including phenoxy) is 4. The van der Waals surface area contributed by atoms with E-state index in [2.05, 4.69) is 0 Å². The monoisotopic (exact) mass is 466 g/mol. The summed E-state index contributed by atoms with van der Waals surface area (Å²) in [5, 5.41) is 70.2. The molecule has 2 aliphatic heterocycles. The van der Waals surface area contributed by atoms with E-state index in [1.807, 2.05) is 0 Å². The van der Waals surface area contributed by atoms with Crippen LogP contribution in [-0.2, 0) is 11.2 Å². The molecule has 11 nitrogen and oxygen atoms in total. The van der Waals surface area contributed by atoms with Crippen molar-refractivity contribution in [2.45, 2.75) is 49.3 Å². The number of hydrogen-bond acceptors (Lipinski definition) is 11. The Morgan fingerprint density at radius 2 is 1.73 bits per heavy atom. The van der Waals surface area contributed by atoms with Crippen LogP contribution in [0.4, 0.5) is 0 Å². The summed E-state index contributed by atoms with van der Waals surface area (Å²) in [4.78, 5) is 0. The zero-order valence-electron chi connectivity index (χ0n) is 17.6. The molecule has 2 aromatic rings. The van der Waals surface area contributed by atoms with E-state index in [1.54, 1.807) is 6.07 Å². The Labute approximate surface area is 188 Å². The standard InChI is InChI=1S/C22H26O11/c1-30-16-4-9(2-3-12(16)24)21-14(26)7-11-13(25)5-10(6-15(11)32-21)31-22-20(29)19(28)18(27)17(8-23)33-22/h2-6,14,17-29H,7-8H2,1H3/t14-,17-,18-,19+,20-,21-,22-/m1/s1. The molecule has 7 N–H and O–H groups in total. The molecule has 180 valence electrons. The third-order valence-corrected chi connectivity index (χ3v) is 5.81. The quantitative estimate of drug-likeness (QED) is 0.297. The van der Waals surface area contributed by atoms with E-state index in [-0.39, 0.29) is 35.2 Å². The molecule has 11 heteroatoms. The van der Waals surface area contributed by atoms with Gasteiger partial charge in [-0.1, -0.05) is 6.07 Å². The Hall–Kier alpha value is -2.80. The molecule has 2 aliphatic rings. The van der Waals surface area contributed by atoms with Crippen LogP contribution in [0.3, 0.4) is 0 Å². The number of benzene rings is 2. The zero-order valence-corrected chi connectivity index (χ0v) is 17.6. The van der Waals surface area contributed by atoms with Gasteiger partial charge < -0.3 is 54.7 Å². The van der Waals surface area contributed by atoms with Gasteiger partial charge in [-0.05, 0) is 17.7 Å². The molecule has 0 amide bonds. The average molecular weight is 466 g/mol. The molecule has 7 atom stereocenters. The van der Waals surface area contributed by atoms with E-state index in [0.29, 0.717) is 11.1 Å². The van der Waals surface area contributed by atoms with Gasteiger partial charge in [-0.25, -0.2) is 0 Å². The van der Waals surface area contributed by atoms with Gasteiger partial charge in [-0.3, -0.25) is 0 Å². The van der Waals surface area contributed by atoms with Gasteiger partial charge in [0.15, 0.2) is 11.5 Å². The lowest BCUT2D eigenvalue weighted by molar-refractivity contribution is -0.277. The van der Waals surface area contributed by atoms with Gasteiger partial charge in [0, 0.05) is 24.1 Å². The largest absolute Gasteiger partial charge is 0.507 e. The first-order valence-corrected chi connectivity index (χ1v) is 10.3. The third kappa shape index (κ3) is 4.38. The molecule has 1 saturated heterocycles. The number of aromatic hydroxyl groups is 2. The van der Waals surface area contributed by atoms with Gasteiger partial charge in [0.2, 0.25) is 6.29 Å². The molecule has 0 radical (unpaired) electrons. The van der Waals surface area contributed by atoms with Gasteiger partial charge in [0.25, 0.3) is 0 Å². The van der Waals surface area contributed by atoms with E-state index in [1.165, 1.54) is 31.4 Å². The van der Waals surface area contributed by atoms with E-state index < -0.39 is 49.5 Å². The molecule has 2 heterocycles. The number of rotatable bonds is 5. The highest BCUT2D eigenvalue weighted by molar-refractivity contribution is 5.52. The predicted molar refractivity (Wildman–Crippen MR) is 110 cm³/mol. The summed E-state index contributed by atoms with van der Waals surface area (Å²) in [5.74, 6) is 0.135. The minimum atomic E-state index is -1.62. The molecule has 2 aromatic carbocycles. The zero-order chi connectivity index (χ0) is 23.9. The predicted octanol–water partition coefficient (Wildman–Crippen LogP) is -0.678. The lowest BCUT2D eigenvalue weighted by Gasteiger charge is -2.39. The van der Waals surface area contributed by atoms with Crippen LogP contribution >= 0.6 is 0 Å². The van der Waals surface area contributed by atoms with Crippen LogP contribution in [0.15, 0.2) is 30.3 Å². The maximum absolute atomic E-state index is 10.6. The first-order valence-electron chi connectivity index (χ1n) is 10.3. The third-order valence-electron chi connectivity index (χ3n) is 5.81. The van der Waals surface area contributed by atoms with Crippen LogP contribution in [-0.4, -0.2) is 86.3 Å². The Morgan fingerprint density at radius 1 is 0.970 bits per heavy atom. The Balaban J connectivity index is 1.59. The molecule has 0 saturated carbocycles. The fourth-order valence-electron chi connectivity index (χ4n) is 3.98. The van der Waals surface area contributed by atoms with Gasteiger partial charge in [0.05, 0.1) is 19.8 Å². The highest BCUT2D eigenvalue weighted by atomic mass is 16.7. The summed E-state index contributed by atoms with van der Waals surface area (Å²) in [6, 6.07) is 7.18. The van der Waals surface area contributed by atoms with Crippen molar-refractivity contribution >= 4 is 0 Å². The number of aliphatic hydroxyl groups is 5. The second kappa shape index (κ2) is 9.21. The summed E-state index contributed by atoms with van der Waals surface area (Å²) in [7, 11) is 1.40. The van der Waals surface area contributed by atoms with Crippen molar-refractivity contribution in [3.05, 3.63) is 41.5 Å². The highest BCUT2D eigenvalue weighted by Crippen LogP contribution is 2.43. The van der Waals surface area contributed by atoms with E-state index in [9.17, 15) is 35.7 Å². The normalized spacial score (nSPS) is 31.4. The van der Waals surface area contributed by atoms with Crippen LogP contribution in [0.1, 0.15) is 17.2 Å². The summed E-state index contributed by atoms with van der Waals surface area (Å²) in [5.41, 5.74) is 0.869. The lowest BCUT2D eigenvalue weighted by Crippen LogP contribution is -2.60. The van der Waals surface area contributed by atoms with E-state index >= 15 is 0 Å². The fourth-order valence-corrected chi connectivity index (χ4v) is 3.98. The molecule has 0 spiro atoms. The van der Waals surface area contributed by atoms with Crippen molar-refractivity contribution in [2.24, 2.45) is 0 Å². The van der Waals surface area contributed by atoms with E-state index in [4.69, 9.17) is 18.9 Å². The van der Waals surface area contributed by atoms with Gasteiger partial charge >= 0.3 is 0 Å². The van der Waals surface area contributed by atoms with Crippen molar-refractivity contribution in [3.63, 3.8) is 0 Å². The van der Waals surface area contributed by atoms with Crippen LogP contribution in [0.5, 0.6) is 28.7 Å². The smallest absolute Gasteiger partial charge is 0.229 e. The number of methoxy groups -OCH3 is 1. The Bertz CT molecular complexity index is 995. The molecule has 4 rings (SSSR count). The minimum absolute atomic E-state index is 0.0222. The van der Waals surface area contributed by atoms with Crippen LogP contribution in [0.2, 0.25) is 0 Å². The van der Waals surface area contributed by atoms with Crippen molar-refractivity contribution in [1.82, 2.24) is 0 Å². The second-order valence-corrected chi connectivity index (χ2v) is 7.98. The van der Waals surface area contributed by atoms with Crippen LogP contribution in [0, 0.1) is 0 Å². The summed E-state index contributed by atoms with van der Waals surface area (Å²) in [6.45, 7) is -0.612. The van der Waals surface area contributed by atoms with Crippen LogP contribution < -0.4 is 14.2 Å². The van der Waals surface area contributed by atoms with E-state index in [0.717, 1.165) is 0 Å². The SMILES string of the molecule is COc1cc([C@H]2Oc3cc(O[C@@H]4O[C@H](CO)[C@@H](O)[C@H](O)[C@H]4O)cc(O)c3C[C@H]2O)ccc1O. The number of aliphatic hydroxyl groups excluding tert-OH is 5. The van der Waals surface area contributed by atoms with Crippen molar-refractivity contribution in [1.29, 1.82) is 0 Å². The minimum Gasteiger partial charge on any atom is -0.507 e. The average Bonchev–Trinajstić information content (AvgIpc) is 2.80. The molecule has 0 bridgehead atoms. The topological polar surface area (TPSA) is 179 Å². The number of phenolic OH excluding ortho intramolecular Hbond substituents is 2. The Kier molecular flexibility index (Phi) is 6.52. The summed E-state index contributed by atoms with van der Waals surface area (Å²) >= 11 is 0. The van der Waals surface area contributed by atoms with Crippen molar-refractivity contribution < 1.29 is 54.7 Å². The van der Waals surface area contributed by atoms with Gasteiger partial charge in [0.1, 0.15) is 47.8 Å². The highest BCUT2D eigenvalue weighted by Gasteiger charge is 2.45. The summed E-state index contributed by atoms with van der Waals surface area (Å²) in [6.07, 6.45) is -9.15. The Morgan fingerprint density at radius 3 is 2.42 bits per heavy atom. The number of hydrogen-bond donors (Lipinski definition) is 7. The lowest BCUT2D eigenvalue weighted by atomic mass is 9.94. The molecule has 33 heavy (non-hydrogen) atoms. The molecular formula is C22H26O11. The van der Waals surface area contributed by atoms with Crippen molar-refractivity contribution in [2.75, 3.05) is 13.7 Å². The number of fused-ring (bicyclic) bond motifs is 1.